The van der Waals surface area contributed by atoms with Gasteiger partial charge in [-0.2, -0.15) is 0 Å². The van der Waals surface area contributed by atoms with Gasteiger partial charge in [0.25, 0.3) is 0 Å². The van der Waals surface area contributed by atoms with E-state index in [-0.39, 0.29) is 11.4 Å². The van der Waals surface area contributed by atoms with Crippen LogP contribution in [0.3, 0.4) is 0 Å². The largest absolute Gasteiger partial charge is 0.496 e. The Hall–Kier alpha value is -1.91. The molecule has 0 saturated heterocycles. The van der Waals surface area contributed by atoms with Crippen molar-refractivity contribution in [2.75, 3.05) is 27.3 Å². The quantitative estimate of drug-likeness (QED) is 0.849. The Morgan fingerprint density at radius 1 is 1.09 bits per heavy atom. The molecule has 0 unspecified atom stereocenters. The maximum Gasteiger partial charge on any atom is 0.314 e. The van der Waals surface area contributed by atoms with Gasteiger partial charge in [-0.25, -0.2) is 4.79 Å². The van der Waals surface area contributed by atoms with Crippen LogP contribution in [0.25, 0.3) is 0 Å². The van der Waals surface area contributed by atoms with Gasteiger partial charge in [0.1, 0.15) is 11.5 Å². The lowest BCUT2D eigenvalue weighted by Gasteiger charge is -2.19. The summed E-state index contributed by atoms with van der Waals surface area (Å²) in [5, 5.41) is 5.72. The highest BCUT2D eigenvalue weighted by Crippen LogP contribution is 2.28. The van der Waals surface area contributed by atoms with Gasteiger partial charge in [-0.05, 0) is 42.0 Å². The average Bonchev–Trinajstić information content (AvgIpc) is 2.45. The summed E-state index contributed by atoms with van der Waals surface area (Å²) in [6.45, 7) is 9.40. The maximum absolute atomic E-state index is 11.7. The van der Waals surface area contributed by atoms with Crippen LogP contribution in [0.15, 0.2) is 12.1 Å². The minimum absolute atomic E-state index is 0.0743. The Bertz CT molecular complexity index is 507. The van der Waals surface area contributed by atoms with Crippen molar-refractivity contribution < 1.29 is 14.3 Å². The standard InChI is InChI=1S/C17H28N2O3/c1-12-9-15(22-6)13(10-14(12)21-5)7-8-18-16(20)19-11-17(2,3)4/h9-10H,7-8,11H2,1-6H3,(H2,18,19,20). The lowest BCUT2D eigenvalue weighted by Crippen LogP contribution is -2.40. The maximum atomic E-state index is 11.7. The van der Waals surface area contributed by atoms with Gasteiger partial charge in [-0.1, -0.05) is 20.8 Å². The predicted molar refractivity (Wildman–Crippen MR) is 88.8 cm³/mol. The van der Waals surface area contributed by atoms with Crippen LogP contribution >= 0.6 is 0 Å². The molecule has 124 valence electrons. The van der Waals surface area contributed by atoms with E-state index in [9.17, 15) is 4.79 Å². The molecule has 0 bridgehead atoms. The molecule has 1 aromatic rings. The van der Waals surface area contributed by atoms with Crippen molar-refractivity contribution in [1.82, 2.24) is 10.6 Å². The fourth-order valence-electron chi connectivity index (χ4n) is 2.03. The van der Waals surface area contributed by atoms with Crippen molar-refractivity contribution in [2.24, 2.45) is 5.41 Å². The zero-order valence-corrected chi connectivity index (χ0v) is 14.5. The van der Waals surface area contributed by atoms with Gasteiger partial charge < -0.3 is 20.1 Å². The van der Waals surface area contributed by atoms with Crippen LogP contribution in [0.5, 0.6) is 11.5 Å². The number of hydrogen-bond acceptors (Lipinski definition) is 3. The third kappa shape index (κ3) is 5.84. The molecule has 1 rings (SSSR count). The number of carbonyl (C=O) groups is 1. The van der Waals surface area contributed by atoms with Crippen LogP contribution in [0, 0.1) is 12.3 Å². The molecule has 0 aliphatic heterocycles. The third-order valence-corrected chi connectivity index (χ3v) is 3.26. The van der Waals surface area contributed by atoms with Crippen molar-refractivity contribution in [2.45, 2.75) is 34.1 Å². The van der Waals surface area contributed by atoms with Crippen molar-refractivity contribution in [1.29, 1.82) is 0 Å². The summed E-state index contributed by atoms with van der Waals surface area (Å²) >= 11 is 0. The van der Waals surface area contributed by atoms with Crippen LogP contribution < -0.4 is 20.1 Å². The van der Waals surface area contributed by atoms with Crippen LogP contribution in [0.2, 0.25) is 0 Å². The fraction of sp³-hybridized carbons (Fsp3) is 0.588. The van der Waals surface area contributed by atoms with E-state index in [2.05, 4.69) is 31.4 Å². The molecule has 0 fully saturated rings. The lowest BCUT2D eigenvalue weighted by molar-refractivity contribution is 0.235. The molecule has 22 heavy (non-hydrogen) atoms. The molecule has 5 nitrogen and oxygen atoms in total. The molecular formula is C17H28N2O3. The third-order valence-electron chi connectivity index (χ3n) is 3.26. The van der Waals surface area contributed by atoms with Gasteiger partial charge in [0, 0.05) is 13.1 Å². The second-order valence-corrected chi connectivity index (χ2v) is 6.55. The van der Waals surface area contributed by atoms with Gasteiger partial charge in [0.15, 0.2) is 0 Å². The summed E-state index contributed by atoms with van der Waals surface area (Å²) in [5.41, 5.74) is 2.12. The summed E-state index contributed by atoms with van der Waals surface area (Å²) < 4.78 is 10.7. The molecule has 0 radical (unpaired) electrons. The molecule has 0 spiro atoms. The minimum Gasteiger partial charge on any atom is -0.496 e. The van der Waals surface area contributed by atoms with E-state index in [4.69, 9.17) is 9.47 Å². The first-order chi connectivity index (χ1) is 10.3. The molecule has 0 heterocycles. The molecule has 0 atom stereocenters. The van der Waals surface area contributed by atoms with E-state index in [0.29, 0.717) is 19.5 Å². The summed E-state index contributed by atoms with van der Waals surface area (Å²) in [5.74, 6) is 1.64. The normalized spacial score (nSPS) is 11.0. The average molecular weight is 308 g/mol. The van der Waals surface area contributed by atoms with Crippen LogP contribution in [0.1, 0.15) is 31.9 Å². The highest BCUT2D eigenvalue weighted by molar-refractivity contribution is 5.73. The molecule has 0 aliphatic rings. The van der Waals surface area contributed by atoms with E-state index in [1.807, 2.05) is 19.1 Å². The summed E-state index contributed by atoms with van der Waals surface area (Å²) in [4.78, 5) is 11.7. The molecule has 0 aliphatic carbocycles. The Labute approximate surface area is 133 Å². The molecule has 1 aromatic carbocycles. The highest BCUT2D eigenvalue weighted by atomic mass is 16.5. The number of aryl methyl sites for hydroxylation is 1. The van der Waals surface area contributed by atoms with Crippen molar-refractivity contribution in [3.63, 3.8) is 0 Å². The number of nitrogens with one attached hydrogen (secondary N) is 2. The predicted octanol–water partition coefficient (Wildman–Crippen LogP) is 2.90. The van der Waals surface area contributed by atoms with E-state index >= 15 is 0 Å². The second kappa shape index (κ2) is 7.92. The van der Waals surface area contributed by atoms with Gasteiger partial charge in [-0.15, -0.1) is 0 Å². The van der Waals surface area contributed by atoms with Crippen molar-refractivity contribution in [3.8, 4) is 11.5 Å². The first-order valence-electron chi connectivity index (χ1n) is 7.50. The zero-order valence-electron chi connectivity index (χ0n) is 14.5. The van der Waals surface area contributed by atoms with Crippen LogP contribution in [-0.4, -0.2) is 33.3 Å². The molecular weight excluding hydrogens is 280 g/mol. The second-order valence-electron chi connectivity index (χ2n) is 6.55. The van der Waals surface area contributed by atoms with Crippen LogP contribution in [0.4, 0.5) is 4.79 Å². The van der Waals surface area contributed by atoms with Crippen LogP contribution in [-0.2, 0) is 6.42 Å². The monoisotopic (exact) mass is 308 g/mol. The van der Waals surface area contributed by atoms with Gasteiger partial charge >= 0.3 is 6.03 Å². The van der Waals surface area contributed by atoms with Crippen molar-refractivity contribution >= 4 is 6.03 Å². The van der Waals surface area contributed by atoms with Crippen molar-refractivity contribution in [3.05, 3.63) is 23.3 Å². The van der Waals surface area contributed by atoms with E-state index < -0.39 is 0 Å². The molecule has 0 aromatic heterocycles. The topological polar surface area (TPSA) is 59.6 Å². The summed E-state index contributed by atoms with van der Waals surface area (Å²) in [7, 11) is 3.30. The molecule has 5 heteroatoms. The number of carbonyl (C=O) groups excluding carboxylic acids is 1. The number of urea groups is 1. The number of benzene rings is 1. The first-order valence-corrected chi connectivity index (χ1v) is 7.50. The Morgan fingerprint density at radius 3 is 2.27 bits per heavy atom. The molecule has 0 saturated carbocycles. The van der Waals surface area contributed by atoms with E-state index in [0.717, 1.165) is 22.6 Å². The molecule has 2 amide bonds. The smallest absolute Gasteiger partial charge is 0.314 e. The van der Waals surface area contributed by atoms with Gasteiger partial charge in [0.2, 0.25) is 0 Å². The Kier molecular flexibility index (Phi) is 6.53. The fourth-order valence-corrected chi connectivity index (χ4v) is 2.03. The summed E-state index contributed by atoms with van der Waals surface area (Å²) in [6, 6.07) is 3.77. The van der Waals surface area contributed by atoms with E-state index in [1.165, 1.54) is 0 Å². The zero-order chi connectivity index (χ0) is 16.8. The number of ether oxygens (including phenoxy) is 2. The summed E-state index contributed by atoms with van der Waals surface area (Å²) in [6.07, 6.45) is 0.683. The first kappa shape index (κ1) is 18.1. The number of methoxy groups -OCH3 is 2. The number of amides is 2. The van der Waals surface area contributed by atoms with E-state index in [1.54, 1.807) is 14.2 Å². The highest BCUT2D eigenvalue weighted by Gasteiger charge is 2.12. The lowest BCUT2D eigenvalue weighted by atomic mass is 9.97. The minimum atomic E-state index is -0.145. The van der Waals surface area contributed by atoms with Gasteiger partial charge in [0.05, 0.1) is 14.2 Å². The SMILES string of the molecule is COc1cc(CCNC(=O)NCC(C)(C)C)c(OC)cc1C. The van der Waals surface area contributed by atoms with Gasteiger partial charge in [-0.3, -0.25) is 0 Å². The Morgan fingerprint density at radius 2 is 1.73 bits per heavy atom. The molecule has 2 N–H and O–H groups in total. The Balaban J connectivity index is 2.55. The number of hydrogen-bond donors (Lipinski definition) is 2. The number of rotatable bonds is 6.